The maximum Gasteiger partial charge on any atom is 0.406 e. The van der Waals surface area contributed by atoms with Crippen LogP contribution in [0, 0.1) is 10.6 Å². The van der Waals surface area contributed by atoms with Crippen LogP contribution in [0.4, 0.5) is 17.6 Å². The van der Waals surface area contributed by atoms with Crippen LogP contribution in [-0.2, 0) is 6.54 Å². The number of nitrogens with one attached hydrogen (secondary N) is 1. The molecule has 0 aliphatic rings. The van der Waals surface area contributed by atoms with E-state index in [1.807, 2.05) is 0 Å². The number of benzene rings is 1. The fraction of sp³-hybridized carbons (Fsp3) is 0.222. The maximum absolute atomic E-state index is 12.9. The van der Waals surface area contributed by atoms with Crippen molar-refractivity contribution in [3.8, 4) is 0 Å². The van der Waals surface area contributed by atoms with Crippen molar-refractivity contribution in [2.45, 2.75) is 12.7 Å². The van der Waals surface area contributed by atoms with Crippen molar-refractivity contribution in [3.63, 3.8) is 0 Å². The second-order valence-electron chi connectivity index (χ2n) is 3.29. The monoisotopic (exact) mass is 250 g/mol. The van der Waals surface area contributed by atoms with E-state index in [0.29, 0.717) is 5.52 Å². The van der Waals surface area contributed by atoms with Crippen molar-refractivity contribution in [3.05, 3.63) is 28.8 Å². The normalized spacial score (nSPS) is 12.2. The molecular weight excluding hydrogens is 244 g/mol. The molecule has 2 nitrogen and oxygen atoms in total. The summed E-state index contributed by atoms with van der Waals surface area (Å²) in [6.45, 7) is -1.23. The van der Waals surface area contributed by atoms with Gasteiger partial charge >= 0.3 is 6.18 Å². The third kappa shape index (κ3) is 2.08. The summed E-state index contributed by atoms with van der Waals surface area (Å²) in [4.78, 5) is 2.59. The van der Waals surface area contributed by atoms with Gasteiger partial charge in [0, 0.05) is 0 Å². The number of alkyl halides is 3. The van der Waals surface area contributed by atoms with Crippen molar-refractivity contribution in [2.24, 2.45) is 0 Å². The van der Waals surface area contributed by atoms with Crippen LogP contribution in [0.2, 0.25) is 0 Å². The molecule has 2 aromatic rings. The van der Waals surface area contributed by atoms with Crippen LogP contribution in [0.15, 0.2) is 18.2 Å². The lowest BCUT2D eigenvalue weighted by molar-refractivity contribution is -0.140. The molecule has 0 saturated heterocycles. The maximum atomic E-state index is 12.9. The van der Waals surface area contributed by atoms with Gasteiger partial charge in [-0.3, -0.25) is 0 Å². The third-order valence-electron chi connectivity index (χ3n) is 2.07. The van der Waals surface area contributed by atoms with Crippen molar-refractivity contribution < 1.29 is 17.6 Å². The van der Waals surface area contributed by atoms with Crippen LogP contribution in [0.5, 0.6) is 0 Å². The zero-order valence-electron chi connectivity index (χ0n) is 7.81. The predicted octanol–water partition coefficient (Wildman–Crippen LogP) is 3.40. The molecule has 0 fully saturated rings. The first-order chi connectivity index (χ1) is 7.37. The number of rotatable bonds is 1. The zero-order chi connectivity index (χ0) is 11.9. The molecule has 1 heterocycles. The average molecular weight is 250 g/mol. The Morgan fingerprint density at radius 3 is 2.62 bits per heavy atom. The van der Waals surface area contributed by atoms with E-state index in [2.05, 4.69) is 4.98 Å². The minimum Gasteiger partial charge on any atom is -0.331 e. The van der Waals surface area contributed by atoms with Crippen molar-refractivity contribution in [1.29, 1.82) is 0 Å². The summed E-state index contributed by atoms with van der Waals surface area (Å²) in [7, 11) is 0. The van der Waals surface area contributed by atoms with E-state index in [4.69, 9.17) is 12.2 Å². The number of H-pyrrole nitrogens is 1. The molecule has 2 rings (SSSR count). The molecular formula is C9H6F4N2S. The fourth-order valence-electron chi connectivity index (χ4n) is 1.46. The second kappa shape index (κ2) is 3.58. The van der Waals surface area contributed by atoms with Gasteiger partial charge in [0.05, 0.1) is 11.0 Å². The molecule has 0 radical (unpaired) electrons. The zero-order valence-corrected chi connectivity index (χ0v) is 8.62. The SMILES string of the molecule is Fc1ccc2[nH]c(=S)n(CC(F)(F)F)c2c1. The highest BCUT2D eigenvalue weighted by atomic mass is 32.1. The number of aromatic nitrogens is 2. The molecule has 16 heavy (non-hydrogen) atoms. The van der Waals surface area contributed by atoms with Gasteiger partial charge in [-0.2, -0.15) is 13.2 Å². The smallest absolute Gasteiger partial charge is 0.331 e. The van der Waals surface area contributed by atoms with Crippen LogP contribution in [0.25, 0.3) is 11.0 Å². The highest BCUT2D eigenvalue weighted by Gasteiger charge is 2.29. The molecule has 1 N–H and O–H groups in total. The van der Waals surface area contributed by atoms with Crippen molar-refractivity contribution in [2.75, 3.05) is 0 Å². The van der Waals surface area contributed by atoms with Crippen LogP contribution in [0.1, 0.15) is 0 Å². The van der Waals surface area contributed by atoms with Gasteiger partial charge in [0.2, 0.25) is 0 Å². The van der Waals surface area contributed by atoms with E-state index in [1.165, 1.54) is 6.07 Å². The van der Waals surface area contributed by atoms with E-state index in [1.54, 1.807) is 0 Å². The second-order valence-corrected chi connectivity index (χ2v) is 3.68. The standard InChI is InChI=1S/C9H6F4N2S/c10-5-1-2-6-7(3-5)15(8(16)14-6)4-9(11,12)13/h1-3H,4H2,(H,14,16). The first-order valence-electron chi connectivity index (χ1n) is 4.32. The molecule has 1 aromatic carbocycles. The minimum absolute atomic E-state index is 0.0714. The fourth-order valence-corrected chi connectivity index (χ4v) is 1.74. The highest BCUT2D eigenvalue weighted by Crippen LogP contribution is 2.22. The van der Waals surface area contributed by atoms with Gasteiger partial charge in [0.15, 0.2) is 4.77 Å². The minimum atomic E-state index is -4.39. The Labute approximate surface area is 92.5 Å². The van der Waals surface area contributed by atoms with E-state index in [9.17, 15) is 17.6 Å². The molecule has 7 heteroatoms. The summed E-state index contributed by atoms with van der Waals surface area (Å²) in [5, 5.41) is 0. The number of hydrogen-bond acceptors (Lipinski definition) is 1. The van der Waals surface area contributed by atoms with E-state index < -0.39 is 18.5 Å². The van der Waals surface area contributed by atoms with Crippen LogP contribution < -0.4 is 0 Å². The Morgan fingerprint density at radius 1 is 1.31 bits per heavy atom. The van der Waals surface area contributed by atoms with Gasteiger partial charge < -0.3 is 9.55 Å². The molecule has 0 bridgehead atoms. The van der Waals surface area contributed by atoms with Crippen LogP contribution >= 0.6 is 12.2 Å². The first-order valence-corrected chi connectivity index (χ1v) is 4.72. The van der Waals surface area contributed by atoms with Crippen LogP contribution in [0.3, 0.4) is 0 Å². The summed E-state index contributed by atoms with van der Waals surface area (Å²) < 4.78 is 50.4. The van der Waals surface area contributed by atoms with Gasteiger partial charge in [-0.1, -0.05) is 0 Å². The summed E-state index contributed by atoms with van der Waals surface area (Å²) >= 11 is 4.75. The Morgan fingerprint density at radius 2 is 2.00 bits per heavy atom. The third-order valence-corrected chi connectivity index (χ3v) is 2.40. The Balaban J connectivity index is 2.63. The lowest BCUT2D eigenvalue weighted by atomic mass is 10.3. The molecule has 0 saturated carbocycles. The topological polar surface area (TPSA) is 20.7 Å². The number of fused-ring (bicyclic) bond motifs is 1. The van der Waals surface area contributed by atoms with Gasteiger partial charge in [0.25, 0.3) is 0 Å². The lowest BCUT2D eigenvalue weighted by Crippen LogP contribution is -2.17. The quantitative estimate of drug-likeness (QED) is 0.607. The summed E-state index contributed by atoms with van der Waals surface area (Å²) in [6.07, 6.45) is -4.39. The number of nitrogens with zero attached hydrogens (tertiary/aromatic N) is 1. The van der Waals surface area contributed by atoms with Crippen molar-refractivity contribution >= 4 is 23.3 Å². The van der Waals surface area contributed by atoms with E-state index >= 15 is 0 Å². The van der Waals surface area contributed by atoms with Crippen molar-refractivity contribution in [1.82, 2.24) is 9.55 Å². The average Bonchev–Trinajstić information content (AvgIpc) is 2.42. The molecule has 0 amide bonds. The molecule has 0 atom stereocenters. The van der Waals surface area contributed by atoms with Gasteiger partial charge in [-0.15, -0.1) is 0 Å². The highest BCUT2D eigenvalue weighted by molar-refractivity contribution is 7.71. The molecule has 0 aliphatic heterocycles. The lowest BCUT2D eigenvalue weighted by Gasteiger charge is -2.07. The number of aromatic amines is 1. The van der Waals surface area contributed by atoms with Gasteiger partial charge in [-0.25, -0.2) is 4.39 Å². The molecule has 1 aromatic heterocycles. The number of imidazole rings is 1. The Kier molecular flexibility index (Phi) is 2.49. The summed E-state index contributed by atoms with van der Waals surface area (Å²) in [5.41, 5.74) is 0.498. The van der Waals surface area contributed by atoms with E-state index in [-0.39, 0.29) is 10.3 Å². The van der Waals surface area contributed by atoms with Crippen LogP contribution in [-0.4, -0.2) is 15.7 Å². The molecule has 0 spiro atoms. The molecule has 0 unspecified atom stereocenters. The van der Waals surface area contributed by atoms with Gasteiger partial charge in [0.1, 0.15) is 12.4 Å². The van der Waals surface area contributed by atoms with E-state index in [0.717, 1.165) is 16.7 Å². The molecule has 0 aliphatic carbocycles. The predicted molar refractivity (Wildman–Crippen MR) is 53.1 cm³/mol. The number of hydrogen-bond donors (Lipinski definition) is 1. The summed E-state index contributed by atoms with van der Waals surface area (Å²) in [6, 6.07) is 3.53. The first kappa shape index (κ1) is 11.1. The van der Waals surface area contributed by atoms with Gasteiger partial charge in [-0.05, 0) is 30.4 Å². The Bertz CT molecular complexity index is 581. The molecule has 86 valence electrons. The summed E-state index contributed by atoms with van der Waals surface area (Å²) in [5.74, 6) is -0.600. The Hall–Kier alpha value is -1.37. The number of halogens is 4. The largest absolute Gasteiger partial charge is 0.406 e.